The predicted molar refractivity (Wildman–Crippen MR) is 58.4 cm³/mol. The molecule has 0 bridgehead atoms. The van der Waals surface area contributed by atoms with Crippen molar-refractivity contribution < 1.29 is 0 Å². The number of hydrogen-bond acceptors (Lipinski definition) is 3. The van der Waals surface area contributed by atoms with Gasteiger partial charge in [0.2, 0.25) is 0 Å². The summed E-state index contributed by atoms with van der Waals surface area (Å²) in [6, 6.07) is 4.16. The summed E-state index contributed by atoms with van der Waals surface area (Å²) < 4.78 is 0. The summed E-state index contributed by atoms with van der Waals surface area (Å²) in [5.74, 6) is 1.81. The lowest BCUT2D eigenvalue weighted by molar-refractivity contribution is 0.841. The van der Waals surface area contributed by atoms with Gasteiger partial charge in [-0.25, -0.2) is 4.98 Å². The van der Waals surface area contributed by atoms with Crippen LogP contribution in [0.25, 0.3) is 10.7 Å². The van der Waals surface area contributed by atoms with Crippen LogP contribution in [0.3, 0.4) is 0 Å². The highest BCUT2D eigenvalue weighted by Crippen LogP contribution is 2.24. The monoisotopic (exact) mass is 207 g/mol. The number of hydrogen-bond donors (Lipinski definition) is 1. The van der Waals surface area contributed by atoms with E-state index in [-0.39, 0.29) is 0 Å². The Hall–Kier alpha value is -1.16. The molecule has 4 heteroatoms. The quantitative estimate of drug-likeness (QED) is 0.840. The molecule has 0 aliphatic rings. The molecule has 0 spiro atoms. The standard InChI is InChI=1S/C10H13N3S/c1-3-4-9-11-10(13-12-9)8-6-5-7(2)14-8/h5-6H,3-4H2,1-2H3,(H,11,12,13). The first-order valence-electron chi connectivity index (χ1n) is 4.77. The average Bonchev–Trinajstić information content (AvgIpc) is 2.74. The fourth-order valence-electron chi connectivity index (χ4n) is 1.31. The minimum absolute atomic E-state index is 0.826. The van der Waals surface area contributed by atoms with Crippen molar-refractivity contribution in [2.45, 2.75) is 26.7 Å². The van der Waals surface area contributed by atoms with Crippen LogP contribution in [0, 0.1) is 6.92 Å². The molecule has 1 N–H and O–H groups in total. The van der Waals surface area contributed by atoms with Gasteiger partial charge in [-0.15, -0.1) is 11.3 Å². The van der Waals surface area contributed by atoms with Crippen molar-refractivity contribution in [3.63, 3.8) is 0 Å². The van der Waals surface area contributed by atoms with Crippen LogP contribution in [0.15, 0.2) is 12.1 Å². The second kappa shape index (κ2) is 3.92. The van der Waals surface area contributed by atoms with Crippen molar-refractivity contribution in [2.24, 2.45) is 0 Å². The highest BCUT2D eigenvalue weighted by Gasteiger charge is 2.06. The maximum absolute atomic E-state index is 4.43. The first-order chi connectivity index (χ1) is 6.79. The van der Waals surface area contributed by atoms with E-state index in [4.69, 9.17) is 0 Å². The molecule has 0 saturated carbocycles. The van der Waals surface area contributed by atoms with Crippen LogP contribution >= 0.6 is 11.3 Å². The Balaban J connectivity index is 2.24. The van der Waals surface area contributed by atoms with E-state index in [0.29, 0.717) is 0 Å². The van der Waals surface area contributed by atoms with Gasteiger partial charge in [-0.05, 0) is 25.5 Å². The van der Waals surface area contributed by atoms with E-state index in [1.807, 2.05) is 0 Å². The van der Waals surface area contributed by atoms with E-state index in [0.717, 1.165) is 29.4 Å². The van der Waals surface area contributed by atoms with Gasteiger partial charge < -0.3 is 0 Å². The second-order valence-corrected chi connectivity index (χ2v) is 4.55. The lowest BCUT2D eigenvalue weighted by Crippen LogP contribution is -1.84. The van der Waals surface area contributed by atoms with Crippen LogP contribution < -0.4 is 0 Å². The first kappa shape index (κ1) is 9.40. The van der Waals surface area contributed by atoms with Gasteiger partial charge in [-0.2, -0.15) is 5.10 Å². The number of nitrogens with zero attached hydrogens (tertiary/aromatic N) is 2. The molecule has 0 atom stereocenters. The van der Waals surface area contributed by atoms with Gasteiger partial charge in [-0.3, -0.25) is 5.10 Å². The smallest absolute Gasteiger partial charge is 0.191 e. The lowest BCUT2D eigenvalue weighted by atomic mass is 10.3. The number of H-pyrrole nitrogens is 1. The number of aromatic nitrogens is 3. The van der Waals surface area contributed by atoms with E-state index in [9.17, 15) is 0 Å². The molecular formula is C10H13N3S. The van der Waals surface area contributed by atoms with Gasteiger partial charge in [0.1, 0.15) is 5.82 Å². The predicted octanol–water partition coefficient (Wildman–Crippen LogP) is 2.79. The highest BCUT2D eigenvalue weighted by molar-refractivity contribution is 7.15. The minimum Gasteiger partial charge on any atom is -0.263 e. The van der Waals surface area contributed by atoms with Crippen molar-refractivity contribution in [2.75, 3.05) is 0 Å². The van der Waals surface area contributed by atoms with E-state index >= 15 is 0 Å². The maximum atomic E-state index is 4.43. The van der Waals surface area contributed by atoms with Crippen LogP contribution in [0.5, 0.6) is 0 Å². The Morgan fingerprint density at radius 2 is 2.29 bits per heavy atom. The topological polar surface area (TPSA) is 41.6 Å². The minimum atomic E-state index is 0.826. The zero-order chi connectivity index (χ0) is 9.97. The fraction of sp³-hybridized carbons (Fsp3) is 0.400. The third-order valence-electron chi connectivity index (χ3n) is 1.98. The van der Waals surface area contributed by atoms with Gasteiger partial charge in [0.05, 0.1) is 4.88 Å². The molecule has 3 nitrogen and oxygen atoms in total. The molecule has 2 rings (SSSR count). The molecule has 0 fully saturated rings. The van der Waals surface area contributed by atoms with Crippen LogP contribution in [0.4, 0.5) is 0 Å². The summed E-state index contributed by atoms with van der Waals surface area (Å²) >= 11 is 1.73. The highest BCUT2D eigenvalue weighted by atomic mass is 32.1. The molecule has 2 aromatic heterocycles. The van der Waals surface area contributed by atoms with Gasteiger partial charge in [0.15, 0.2) is 5.82 Å². The summed E-state index contributed by atoms with van der Waals surface area (Å²) in [5, 5.41) is 7.15. The van der Waals surface area contributed by atoms with Crippen LogP contribution in [0.2, 0.25) is 0 Å². The lowest BCUT2D eigenvalue weighted by Gasteiger charge is -1.87. The number of nitrogens with one attached hydrogen (secondary N) is 1. The molecule has 0 aliphatic carbocycles. The van der Waals surface area contributed by atoms with Gasteiger partial charge in [0.25, 0.3) is 0 Å². The summed E-state index contributed by atoms with van der Waals surface area (Å²) in [6.07, 6.45) is 2.06. The summed E-state index contributed by atoms with van der Waals surface area (Å²) in [7, 11) is 0. The normalized spacial score (nSPS) is 10.7. The summed E-state index contributed by atoms with van der Waals surface area (Å²) in [5.41, 5.74) is 0. The van der Waals surface area contributed by atoms with Gasteiger partial charge in [-0.1, -0.05) is 6.92 Å². The molecular weight excluding hydrogens is 194 g/mol. The molecule has 0 aromatic carbocycles. The molecule has 0 saturated heterocycles. The van der Waals surface area contributed by atoms with Crippen molar-refractivity contribution >= 4 is 11.3 Å². The molecule has 2 heterocycles. The van der Waals surface area contributed by atoms with Crippen molar-refractivity contribution in [3.8, 4) is 10.7 Å². The van der Waals surface area contributed by atoms with Crippen LogP contribution in [-0.4, -0.2) is 15.2 Å². The third-order valence-corrected chi connectivity index (χ3v) is 2.98. The van der Waals surface area contributed by atoms with Gasteiger partial charge >= 0.3 is 0 Å². The summed E-state index contributed by atoms with van der Waals surface area (Å²) in [4.78, 5) is 6.86. The second-order valence-electron chi connectivity index (χ2n) is 3.27. The number of aromatic amines is 1. The summed E-state index contributed by atoms with van der Waals surface area (Å²) in [6.45, 7) is 4.23. The zero-order valence-electron chi connectivity index (χ0n) is 8.37. The Morgan fingerprint density at radius 1 is 1.43 bits per heavy atom. The van der Waals surface area contributed by atoms with Crippen molar-refractivity contribution in [3.05, 3.63) is 22.8 Å². The van der Waals surface area contributed by atoms with Crippen LogP contribution in [0.1, 0.15) is 24.0 Å². The fourth-order valence-corrected chi connectivity index (χ4v) is 2.11. The molecule has 0 unspecified atom stereocenters. The van der Waals surface area contributed by atoms with E-state index < -0.39 is 0 Å². The molecule has 74 valence electrons. The Labute approximate surface area is 87.2 Å². The molecule has 0 aliphatic heterocycles. The first-order valence-corrected chi connectivity index (χ1v) is 5.59. The average molecular weight is 207 g/mol. The van der Waals surface area contributed by atoms with Crippen molar-refractivity contribution in [1.29, 1.82) is 0 Å². The number of thiophene rings is 1. The third kappa shape index (κ3) is 1.85. The zero-order valence-corrected chi connectivity index (χ0v) is 9.19. The molecule has 0 radical (unpaired) electrons. The van der Waals surface area contributed by atoms with E-state index in [1.54, 1.807) is 11.3 Å². The SMILES string of the molecule is CCCc1nc(-c2ccc(C)s2)n[nH]1. The Bertz CT molecular complexity index is 416. The van der Waals surface area contributed by atoms with Crippen molar-refractivity contribution in [1.82, 2.24) is 15.2 Å². The number of rotatable bonds is 3. The molecule has 14 heavy (non-hydrogen) atoms. The largest absolute Gasteiger partial charge is 0.263 e. The molecule has 0 amide bonds. The molecule has 2 aromatic rings. The van der Waals surface area contributed by atoms with Crippen LogP contribution in [-0.2, 0) is 6.42 Å². The number of aryl methyl sites for hydroxylation is 2. The maximum Gasteiger partial charge on any atom is 0.191 e. The van der Waals surface area contributed by atoms with E-state index in [2.05, 4.69) is 41.2 Å². The van der Waals surface area contributed by atoms with E-state index in [1.165, 1.54) is 4.88 Å². The van der Waals surface area contributed by atoms with Gasteiger partial charge in [0, 0.05) is 11.3 Å². The Morgan fingerprint density at radius 3 is 2.93 bits per heavy atom. The Kier molecular flexibility index (Phi) is 2.63.